The van der Waals surface area contributed by atoms with Gasteiger partial charge in [-0.05, 0) is 43.1 Å². The van der Waals surface area contributed by atoms with Crippen LogP contribution in [0.3, 0.4) is 0 Å². The molecule has 1 atom stereocenters. The average molecular weight is 299 g/mol. The van der Waals surface area contributed by atoms with Gasteiger partial charge in [-0.2, -0.15) is 26.3 Å². The van der Waals surface area contributed by atoms with Crippen molar-refractivity contribution in [2.24, 2.45) is 0 Å². The Morgan fingerprint density at radius 1 is 1.10 bits per heavy atom. The first-order chi connectivity index (χ1) is 9.07. The zero-order valence-electron chi connectivity index (χ0n) is 11.0. The maximum atomic E-state index is 13.0. The second-order valence-electron chi connectivity index (χ2n) is 4.50. The molecule has 0 bridgehead atoms. The Bertz CT molecular complexity index is 449. The summed E-state index contributed by atoms with van der Waals surface area (Å²) in [6.45, 7) is 3.08. The SMILES string of the molecule is CCCNC(c1ccc(C(F)(F)F)cc1C)C(F)(F)F. The minimum atomic E-state index is -4.56. The van der Waals surface area contributed by atoms with Gasteiger partial charge >= 0.3 is 12.4 Å². The lowest BCUT2D eigenvalue weighted by Crippen LogP contribution is -2.35. The summed E-state index contributed by atoms with van der Waals surface area (Å²) >= 11 is 0. The molecule has 0 saturated carbocycles. The van der Waals surface area contributed by atoms with E-state index >= 15 is 0 Å². The lowest BCUT2D eigenvalue weighted by Gasteiger charge is -2.24. The molecule has 114 valence electrons. The van der Waals surface area contributed by atoms with Gasteiger partial charge in [0.15, 0.2) is 0 Å². The van der Waals surface area contributed by atoms with E-state index in [0.717, 1.165) is 12.1 Å². The highest BCUT2D eigenvalue weighted by atomic mass is 19.4. The highest BCUT2D eigenvalue weighted by Crippen LogP contribution is 2.37. The Kier molecular flexibility index (Phi) is 5.07. The number of benzene rings is 1. The van der Waals surface area contributed by atoms with Gasteiger partial charge in [-0.15, -0.1) is 0 Å². The van der Waals surface area contributed by atoms with Crippen LogP contribution in [-0.2, 0) is 6.18 Å². The molecule has 0 aliphatic carbocycles. The van der Waals surface area contributed by atoms with E-state index in [1.807, 2.05) is 0 Å². The summed E-state index contributed by atoms with van der Waals surface area (Å²) in [5.74, 6) is 0. The number of halogens is 6. The summed E-state index contributed by atoms with van der Waals surface area (Å²) < 4.78 is 76.4. The Balaban J connectivity index is 3.15. The largest absolute Gasteiger partial charge is 0.416 e. The van der Waals surface area contributed by atoms with E-state index in [0.29, 0.717) is 12.5 Å². The van der Waals surface area contributed by atoms with E-state index in [1.54, 1.807) is 6.92 Å². The molecule has 1 aromatic carbocycles. The molecule has 1 N–H and O–H groups in total. The van der Waals surface area contributed by atoms with Crippen LogP contribution in [0, 0.1) is 6.92 Å². The number of aryl methyl sites for hydroxylation is 1. The summed E-state index contributed by atoms with van der Waals surface area (Å²) in [4.78, 5) is 0. The minimum Gasteiger partial charge on any atom is -0.302 e. The fourth-order valence-corrected chi connectivity index (χ4v) is 1.87. The molecule has 1 rings (SSSR count). The predicted molar refractivity (Wildman–Crippen MR) is 63.3 cm³/mol. The molecule has 0 saturated heterocycles. The molecule has 0 radical (unpaired) electrons. The van der Waals surface area contributed by atoms with Gasteiger partial charge in [0.25, 0.3) is 0 Å². The molecule has 1 unspecified atom stereocenters. The smallest absolute Gasteiger partial charge is 0.302 e. The van der Waals surface area contributed by atoms with E-state index in [4.69, 9.17) is 0 Å². The minimum absolute atomic E-state index is 0.0363. The standard InChI is InChI=1S/C13H15F6N/c1-3-6-20-11(13(17,18)19)10-5-4-9(7-8(10)2)12(14,15)16/h4-5,7,11,20H,3,6H2,1-2H3. The Morgan fingerprint density at radius 3 is 2.10 bits per heavy atom. The van der Waals surface area contributed by atoms with Gasteiger partial charge in [0.1, 0.15) is 6.04 Å². The van der Waals surface area contributed by atoms with Crippen LogP contribution in [0.15, 0.2) is 18.2 Å². The second kappa shape index (κ2) is 6.03. The van der Waals surface area contributed by atoms with E-state index in [2.05, 4.69) is 5.32 Å². The quantitative estimate of drug-likeness (QED) is 0.800. The Labute approximate surface area is 113 Å². The number of hydrogen-bond donors (Lipinski definition) is 1. The molecule has 0 fully saturated rings. The van der Waals surface area contributed by atoms with Gasteiger partial charge in [0, 0.05) is 0 Å². The lowest BCUT2D eigenvalue weighted by molar-refractivity contribution is -0.157. The van der Waals surface area contributed by atoms with Crippen LogP contribution in [-0.4, -0.2) is 12.7 Å². The molecular weight excluding hydrogens is 284 g/mol. The second-order valence-corrected chi connectivity index (χ2v) is 4.50. The van der Waals surface area contributed by atoms with Crippen molar-refractivity contribution in [1.29, 1.82) is 0 Å². The molecule has 0 heterocycles. The average Bonchev–Trinajstić information content (AvgIpc) is 2.28. The highest BCUT2D eigenvalue weighted by molar-refractivity contribution is 5.35. The molecule has 0 amide bonds. The fourth-order valence-electron chi connectivity index (χ4n) is 1.87. The molecule has 0 spiro atoms. The van der Waals surface area contributed by atoms with Crippen LogP contribution in [0.5, 0.6) is 0 Å². The first-order valence-corrected chi connectivity index (χ1v) is 6.05. The van der Waals surface area contributed by atoms with Crippen molar-refractivity contribution in [3.8, 4) is 0 Å². The molecule has 1 aromatic rings. The van der Waals surface area contributed by atoms with Gasteiger partial charge < -0.3 is 5.32 Å². The predicted octanol–water partition coefficient (Wildman–Crippen LogP) is 4.62. The molecule has 7 heteroatoms. The van der Waals surface area contributed by atoms with Crippen molar-refractivity contribution in [1.82, 2.24) is 5.32 Å². The van der Waals surface area contributed by atoms with Gasteiger partial charge in [-0.1, -0.05) is 13.0 Å². The number of nitrogens with one attached hydrogen (secondary N) is 1. The van der Waals surface area contributed by atoms with Crippen molar-refractivity contribution in [3.05, 3.63) is 34.9 Å². The molecule has 20 heavy (non-hydrogen) atoms. The molecule has 0 aliphatic rings. The van der Waals surface area contributed by atoms with Crippen LogP contribution in [0.25, 0.3) is 0 Å². The van der Waals surface area contributed by atoms with Crippen LogP contribution in [0.1, 0.15) is 36.1 Å². The van der Waals surface area contributed by atoms with Crippen LogP contribution in [0.4, 0.5) is 26.3 Å². The summed E-state index contributed by atoms with van der Waals surface area (Å²) in [5, 5.41) is 2.32. The normalized spacial score (nSPS) is 14.4. The topological polar surface area (TPSA) is 12.0 Å². The summed E-state index contributed by atoms with van der Waals surface area (Å²) in [6, 6.07) is 0.347. The van der Waals surface area contributed by atoms with E-state index in [9.17, 15) is 26.3 Å². The van der Waals surface area contributed by atoms with Gasteiger partial charge in [0.05, 0.1) is 5.56 Å². The zero-order chi connectivity index (χ0) is 15.6. The summed E-state index contributed by atoms with van der Waals surface area (Å²) in [6.07, 6.45) is -8.63. The van der Waals surface area contributed by atoms with Crippen LogP contribution >= 0.6 is 0 Å². The Hall–Kier alpha value is -1.24. The molecule has 0 aliphatic heterocycles. The van der Waals surface area contributed by atoms with Crippen molar-refractivity contribution < 1.29 is 26.3 Å². The molecule has 1 nitrogen and oxygen atoms in total. The number of rotatable bonds is 4. The maximum Gasteiger partial charge on any atom is 0.416 e. The third kappa shape index (κ3) is 4.13. The van der Waals surface area contributed by atoms with E-state index in [1.165, 1.54) is 6.92 Å². The maximum absolute atomic E-state index is 13.0. The number of hydrogen-bond acceptors (Lipinski definition) is 1. The summed E-state index contributed by atoms with van der Waals surface area (Å²) in [7, 11) is 0. The summed E-state index contributed by atoms with van der Waals surface area (Å²) in [5.41, 5.74) is -1.17. The van der Waals surface area contributed by atoms with Crippen LogP contribution in [0.2, 0.25) is 0 Å². The first-order valence-electron chi connectivity index (χ1n) is 6.05. The van der Waals surface area contributed by atoms with Gasteiger partial charge in [-0.25, -0.2) is 0 Å². The van der Waals surface area contributed by atoms with Crippen LogP contribution < -0.4 is 5.32 Å². The third-order valence-corrected chi connectivity index (χ3v) is 2.83. The van der Waals surface area contributed by atoms with E-state index in [-0.39, 0.29) is 17.7 Å². The fraction of sp³-hybridized carbons (Fsp3) is 0.538. The molecular formula is C13H15F6N. The highest BCUT2D eigenvalue weighted by Gasteiger charge is 2.41. The Morgan fingerprint density at radius 2 is 1.70 bits per heavy atom. The first kappa shape index (κ1) is 16.8. The lowest BCUT2D eigenvalue weighted by atomic mass is 9.98. The third-order valence-electron chi connectivity index (χ3n) is 2.83. The van der Waals surface area contributed by atoms with Gasteiger partial charge in [-0.3, -0.25) is 0 Å². The van der Waals surface area contributed by atoms with E-state index < -0.39 is 24.0 Å². The zero-order valence-corrected chi connectivity index (χ0v) is 11.0. The van der Waals surface area contributed by atoms with Crippen molar-refractivity contribution in [3.63, 3.8) is 0 Å². The van der Waals surface area contributed by atoms with Crippen molar-refractivity contribution in [2.75, 3.05) is 6.54 Å². The monoisotopic (exact) mass is 299 g/mol. The van der Waals surface area contributed by atoms with Crippen molar-refractivity contribution in [2.45, 2.75) is 38.7 Å². The van der Waals surface area contributed by atoms with Crippen molar-refractivity contribution >= 4 is 0 Å². The number of alkyl halides is 6. The molecule has 0 aromatic heterocycles. The van der Waals surface area contributed by atoms with Gasteiger partial charge in [0.2, 0.25) is 0 Å².